The Hall–Kier alpha value is -2.83. The van der Waals surface area contributed by atoms with E-state index in [1.54, 1.807) is 17.9 Å². The molecule has 0 aliphatic rings. The standard InChI is InChI=1S/C17H20FN3O3/c1-6-17(22)21(10-12-9-19-20(3)11(12)2)14-8-16(24-5)15(23-4)7-13(14)18/h6-9H,1,10H2,2-5H3. The average molecular weight is 333 g/mol. The Morgan fingerprint density at radius 1 is 1.38 bits per heavy atom. The van der Waals surface area contributed by atoms with Crippen LogP contribution in [0.3, 0.4) is 0 Å². The van der Waals surface area contributed by atoms with Gasteiger partial charge in [0, 0.05) is 30.4 Å². The molecule has 1 amide bonds. The van der Waals surface area contributed by atoms with Gasteiger partial charge in [-0.15, -0.1) is 0 Å². The van der Waals surface area contributed by atoms with Gasteiger partial charge < -0.3 is 14.4 Å². The molecule has 0 N–H and O–H groups in total. The minimum Gasteiger partial charge on any atom is -0.493 e. The third kappa shape index (κ3) is 3.24. The molecule has 0 radical (unpaired) electrons. The molecular weight excluding hydrogens is 313 g/mol. The third-order valence-electron chi connectivity index (χ3n) is 3.85. The van der Waals surface area contributed by atoms with E-state index in [1.807, 2.05) is 6.92 Å². The lowest BCUT2D eigenvalue weighted by molar-refractivity contribution is -0.114. The predicted octanol–water partition coefficient (Wildman–Crippen LogP) is 2.60. The van der Waals surface area contributed by atoms with E-state index in [2.05, 4.69) is 11.7 Å². The minimum absolute atomic E-state index is 0.0841. The highest BCUT2D eigenvalue weighted by atomic mass is 19.1. The molecule has 1 aromatic heterocycles. The molecule has 24 heavy (non-hydrogen) atoms. The van der Waals surface area contributed by atoms with Gasteiger partial charge in [0.2, 0.25) is 0 Å². The first kappa shape index (κ1) is 17.5. The van der Waals surface area contributed by atoms with Crippen molar-refractivity contribution >= 4 is 11.6 Å². The van der Waals surface area contributed by atoms with Crippen molar-refractivity contribution in [3.8, 4) is 11.5 Å². The smallest absolute Gasteiger partial charge is 0.250 e. The van der Waals surface area contributed by atoms with Crippen molar-refractivity contribution in [2.75, 3.05) is 19.1 Å². The van der Waals surface area contributed by atoms with Crippen LogP contribution in [0.15, 0.2) is 31.0 Å². The number of halogens is 1. The first-order valence-electron chi connectivity index (χ1n) is 7.25. The zero-order chi connectivity index (χ0) is 17.9. The molecule has 7 heteroatoms. The van der Waals surface area contributed by atoms with Gasteiger partial charge in [0.05, 0.1) is 32.6 Å². The molecule has 0 bridgehead atoms. The molecule has 0 atom stereocenters. The monoisotopic (exact) mass is 333 g/mol. The minimum atomic E-state index is -0.593. The van der Waals surface area contributed by atoms with E-state index in [1.165, 1.54) is 31.3 Å². The fraction of sp³-hybridized carbons (Fsp3) is 0.294. The molecule has 0 aliphatic heterocycles. The van der Waals surface area contributed by atoms with Gasteiger partial charge in [-0.05, 0) is 13.0 Å². The first-order valence-corrected chi connectivity index (χ1v) is 7.25. The van der Waals surface area contributed by atoms with Crippen LogP contribution in [0, 0.1) is 12.7 Å². The molecule has 1 heterocycles. The predicted molar refractivity (Wildman–Crippen MR) is 88.8 cm³/mol. The van der Waals surface area contributed by atoms with E-state index in [4.69, 9.17) is 9.47 Å². The van der Waals surface area contributed by atoms with Crippen molar-refractivity contribution in [3.63, 3.8) is 0 Å². The lowest BCUT2D eigenvalue weighted by Crippen LogP contribution is -2.29. The first-order chi connectivity index (χ1) is 11.4. The summed E-state index contributed by atoms with van der Waals surface area (Å²) in [5, 5.41) is 4.15. The number of aromatic nitrogens is 2. The molecule has 0 unspecified atom stereocenters. The molecule has 0 saturated carbocycles. The summed E-state index contributed by atoms with van der Waals surface area (Å²) in [6, 6.07) is 2.62. The van der Waals surface area contributed by atoms with Crippen molar-refractivity contribution in [2.24, 2.45) is 7.05 Å². The van der Waals surface area contributed by atoms with Gasteiger partial charge in [-0.2, -0.15) is 5.10 Å². The second-order valence-electron chi connectivity index (χ2n) is 5.17. The molecule has 6 nitrogen and oxygen atoms in total. The Labute approximate surface area is 140 Å². The number of benzene rings is 1. The molecule has 2 aromatic rings. The number of hydrogen-bond acceptors (Lipinski definition) is 4. The summed E-state index contributed by atoms with van der Waals surface area (Å²) in [7, 11) is 4.67. The van der Waals surface area contributed by atoms with Crippen molar-refractivity contribution < 1.29 is 18.7 Å². The summed E-state index contributed by atoms with van der Waals surface area (Å²) in [6.07, 6.45) is 2.79. The van der Waals surface area contributed by atoms with Gasteiger partial charge in [-0.25, -0.2) is 4.39 Å². The number of carbonyl (C=O) groups is 1. The summed E-state index contributed by atoms with van der Waals surface area (Å²) in [5.74, 6) is -0.435. The fourth-order valence-corrected chi connectivity index (χ4v) is 2.31. The Morgan fingerprint density at radius 2 is 2.00 bits per heavy atom. The number of hydrogen-bond donors (Lipinski definition) is 0. The number of methoxy groups -OCH3 is 2. The summed E-state index contributed by atoms with van der Waals surface area (Å²) in [6.45, 7) is 5.53. The van der Waals surface area contributed by atoms with Crippen molar-refractivity contribution in [2.45, 2.75) is 13.5 Å². The highest BCUT2D eigenvalue weighted by Gasteiger charge is 2.22. The third-order valence-corrected chi connectivity index (χ3v) is 3.85. The van der Waals surface area contributed by atoms with Crippen LogP contribution in [0.4, 0.5) is 10.1 Å². The fourth-order valence-electron chi connectivity index (χ4n) is 2.31. The lowest BCUT2D eigenvalue weighted by atomic mass is 10.2. The average Bonchev–Trinajstić information content (AvgIpc) is 2.90. The van der Waals surface area contributed by atoms with Crippen LogP contribution in [0.2, 0.25) is 0 Å². The number of amides is 1. The maximum Gasteiger partial charge on any atom is 0.250 e. The highest BCUT2D eigenvalue weighted by Crippen LogP contribution is 2.35. The number of aryl methyl sites for hydroxylation is 1. The van der Waals surface area contributed by atoms with Gasteiger partial charge in [-0.1, -0.05) is 6.58 Å². The highest BCUT2D eigenvalue weighted by molar-refractivity contribution is 6.01. The molecule has 0 spiro atoms. The zero-order valence-corrected chi connectivity index (χ0v) is 14.2. The van der Waals surface area contributed by atoms with E-state index >= 15 is 0 Å². The van der Waals surface area contributed by atoms with Crippen LogP contribution in [-0.2, 0) is 18.4 Å². The molecule has 1 aromatic carbocycles. The molecular formula is C17H20FN3O3. The number of anilines is 1. The number of carbonyl (C=O) groups excluding carboxylic acids is 1. The Balaban J connectivity index is 2.50. The van der Waals surface area contributed by atoms with Crippen LogP contribution in [0.5, 0.6) is 11.5 Å². The van der Waals surface area contributed by atoms with Crippen LogP contribution in [0.25, 0.3) is 0 Å². The van der Waals surface area contributed by atoms with E-state index in [-0.39, 0.29) is 18.0 Å². The summed E-state index contributed by atoms with van der Waals surface area (Å²) in [5.41, 5.74) is 1.78. The quantitative estimate of drug-likeness (QED) is 0.763. The van der Waals surface area contributed by atoms with E-state index in [0.717, 1.165) is 17.3 Å². The number of ether oxygens (including phenoxy) is 2. The zero-order valence-electron chi connectivity index (χ0n) is 14.2. The van der Waals surface area contributed by atoms with Crippen LogP contribution in [0.1, 0.15) is 11.3 Å². The van der Waals surface area contributed by atoms with Gasteiger partial charge >= 0.3 is 0 Å². The topological polar surface area (TPSA) is 56.6 Å². The second kappa shape index (κ2) is 7.16. The maximum atomic E-state index is 14.5. The Kier molecular flexibility index (Phi) is 5.23. The van der Waals surface area contributed by atoms with Crippen molar-refractivity contribution in [1.82, 2.24) is 9.78 Å². The lowest BCUT2D eigenvalue weighted by Gasteiger charge is -2.23. The van der Waals surface area contributed by atoms with Crippen LogP contribution >= 0.6 is 0 Å². The van der Waals surface area contributed by atoms with Crippen molar-refractivity contribution in [3.05, 3.63) is 48.1 Å². The molecule has 0 fully saturated rings. The van der Waals surface area contributed by atoms with Gasteiger partial charge in [-0.3, -0.25) is 9.48 Å². The normalized spacial score (nSPS) is 10.4. The van der Waals surface area contributed by atoms with Gasteiger partial charge in [0.1, 0.15) is 0 Å². The largest absolute Gasteiger partial charge is 0.493 e. The van der Waals surface area contributed by atoms with E-state index in [0.29, 0.717) is 5.75 Å². The number of rotatable bonds is 6. The Bertz CT molecular complexity index is 771. The summed E-state index contributed by atoms with van der Waals surface area (Å²) >= 11 is 0. The maximum absolute atomic E-state index is 14.5. The van der Waals surface area contributed by atoms with Gasteiger partial charge in [0.25, 0.3) is 5.91 Å². The number of nitrogens with zero attached hydrogens (tertiary/aromatic N) is 3. The van der Waals surface area contributed by atoms with E-state index < -0.39 is 11.7 Å². The molecule has 0 saturated heterocycles. The molecule has 128 valence electrons. The van der Waals surface area contributed by atoms with Crippen molar-refractivity contribution in [1.29, 1.82) is 0 Å². The van der Waals surface area contributed by atoms with Crippen LogP contribution < -0.4 is 14.4 Å². The summed E-state index contributed by atoms with van der Waals surface area (Å²) < 4.78 is 26.5. The Morgan fingerprint density at radius 3 is 2.50 bits per heavy atom. The second-order valence-corrected chi connectivity index (χ2v) is 5.17. The van der Waals surface area contributed by atoms with Gasteiger partial charge in [0.15, 0.2) is 17.3 Å². The summed E-state index contributed by atoms with van der Waals surface area (Å²) in [4.78, 5) is 13.6. The van der Waals surface area contributed by atoms with E-state index in [9.17, 15) is 9.18 Å². The SMILES string of the molecule is C=CC(=O)N(Cc1cnn(C)c1C)c1cc(OC)c(OC)cc1F. The molecule has 2 rings (SSSR count). The molecule has 0 aliphatic carbocycles. The van der Waals surface area contributed by atoms with Crippen LogP contribution in [-0.4, -0.2) is 29.9 Å².